The average molecular weight is 487 g/mol. The van der Waals surface area contributed by atoms with Crippen molar-refractivity contribution < 1.29 is 9.47 Å². The number of likely N-dealkylation sites (tertiary alicyclic amines) is 1. The summed E-state index contributed by atoms with van der Waals surface area (Å²) in [5, 5.41) is 8.89. The van der Waals surface area contributed by atoms with Crippen LogP contribution in [-0.4, -0.2) is 59.8 Å². The number of aromatic nitrogens is 3. The molecule has 0 saturated carbocycles. The number of nitrogens with zero attached hydrogens (tertiary/aromatic N) is 5. The molecular weight excluding hydrogens is 452 g/mol. The van der Waals surface area contributed by atoms with Crippen molar-refractivity contribution >= 4 is 23.3 Å². The van der Waals surface area contributed by atoms with Gasteiger partial charge in [-0.1, -0.05) is 18.2 Å². The van der Waals surface area contributed by atoms with Crippen LogP contribution in [0.2, 0.25) is 0 Å². The molecule has 3 unspecified atom stereocenters. The smallest absolute Gasteiger partial charge is 0.213 e. The van der Waals surface area contributed by atoms with Gasteiger partial charge >= 0.3 is 0 Å². The topological polar surface area (TPSA) is 88.0 Å². The fourth-order valence-corrected chi connectivity index (χ4v) is 5.13. The maximum atomic E-state index is 5.80. The van der Waals surface area contributed by atoms with E-state index >= 15 is 0 Å². The van der Waals surface area contributed by atoms with E-state index in [1.807, 2.05) is 31.3 Å². The zero-order valence-electron chi connectivity index (χ0n) is 21.2. The second-order valence-electron chi connectivity index (χ2n) is 9.57. The predicted octanol–water partition coefficient (Wildman–Crippen LogP) is 5.06. The number of methoxy groups -OCH3 is 2. The van der Waals surface area contributed by atoms with Gasteiger partial charge in [0.15, 0.2) is 6.23 Å². The number of ether oxygens (including phenoxy) is 2. The maximum absolute atomic E-state index is 5.80. The van der Waals surface area contributed by atoms with E-state index in [0.29, 0.717) is 11.8 Å². The molecule has 5 rings (SSSR count). The minimum absolute atomic E-state index is 0.250. The molecule has 1 fully saturated rings. The lowest BCUT2D eigenvalue weighted by atomic mass is 9.95. The highest BCUT2D eigenvalue weighted by atomic mass is 16.5. The summed E-state index contributed by atoms with van der Waals surface area (Å²) in [4.78, 5) is 16.3. The quantitative estimate of drug-likeness (QED) is 0.450. The number of piperidine rings is 1. The van der Waals surface area contributed by atoms with Gasteiger partial charge in [-0.25, -0.2) is 4.98 Å². The zero-order chi connectivity index (χ0) is 24.9. The molecule has 1 N–H and O–H groups in total. The maximum Gasteiger partial charge on any atom is 0.213 e. The van der Waals surface area contributed by atoms with Crippen LogP contribution >= 0.6 is 0 Å². The lowest BCUT2D eigenvalue weighted by Gasteiger charge is -2.30. The molecule has 2 aliphatic heterocycles. The van der Waals surface area contributed by atoms with E-state index in [4.69, 9.17) is 14.5 Å². The fourth-order valence-electron chi connectivity index (χ4n) is 5.13. The van der Waals surface area contributed by atoms with Gasteiger partial charge < -0.3 is 9.47 Å². The van der Waals surface area contributed by atoms with Gasteiger partial charge in [-0.15, -0.1) is 0 Å². The molecule has 1 saturated heterocycles. The average Bonchev–Trinajstić information content (AvgIpc) is 3.33. The number of pyridine rings is 1. The van der Waals surface area contributed by atoms with Crippen LogP contribution in [0.5, 0.6) is 5.88 Å². The van der Waals surface area contributed by atoms with Crippen LogP contribution < -0.4 is 4.74 Å². The summed E-state index contributed by atoms with van der Waals surface area (Å²) in [5.41, 5.74) is 5.16. The lowest BCUT2D eigenvalue weighted by molar-refractivity contribution is 0.111. The Morgan fingerprint density at radius 1 is 1.25 bits per heavy atom. The Morgan fingerprint density at radius 2 is 2.17 bits per heavy atom. The molecule has 2 aromatic heterocycles. The third-order valence-electron chi connectivity index (χ3n) is 6.93. The van der Waals surface area contributed by atoms with Crippen LogP contribution in [0, 0.1) is 5.92 Å². The predicted molar refractivity (Wildman–Crippen MR) is 143 cm³/mol. The van der Waals surface area contributed by atoms with Crippen molar-refractivity contribution in [2.45, 2.75) is 44.9 Å². The van der Waals surface area contributed by atoms with Crippen LogP contribution in [0.15, 0.2) is 58.2 Å². The Kier molecular flexibility index (Phi) is 7.53. The largest absolute Gasteiger partial charge is 0.481 e. The Morgan fingerprint density at radius 3 is 3.00 bits per heavy atom. The molecule has 0 radical (unpaired) electrons. The molecular formula is C28H34N6O2. The highest BCUT2D eigenvalue weighted by Gasteiger charge is 2.21. The molecule has 0 bridgehead atoms. The molecule has 2 aliphatic rings. The van der Waals surface area contributed by atoms with Gasteiger partial charge in [-0.05, 0) is 50.9 Å². The Balaban J connectivity index is 1.28. The summed E-state index contributed by atoms with van der Waals surface area (Å²) in [6.45, 7) is 4.87. The Bertz CT molecular complexity index is 1280. The minimum atomic E-state index is -0.349. The second-order valence-corrected chi connectivity index (χ2v) is 9.57. The van der Waals surface area contributed by atoms with Gasteiger partial charge in [-0.3, -0.25) is 20.0 Å². The lowest BCUT2D eigenvalue weighted by Crippen LogP contribution is -2.35. The van der Waals surface area contributed by atoms with Crippen LogP contribution in [0.1, 0.15) is 55.3 Å². The Hall–Kier alpha value is -3.36. The van der Waals surface area contributed by atoms with E-state index in [-0.39, 0.29) is 12.1 Å². The number of hydrogen-bond donors (Lipinski definition) is 1. The third-order valence-corrected chi connectivity index (χ3v) is 6.93. The van der Waals surface area contributed by atoms with Gasteiger partial charge in [0.1, 0.15) is 0 Å². The third kappa shape index (κ3) is 5.55. The van der Waals surface area contributed by atoms with Gasteiger partial charge in [0, 0.05) is 67.2 Å². The number of allylic oxidation sites excluding steroid dienone is 2. The van der Waals surface area contributed by atoms with Gasteiger partial charge in [-0.2, -0.15) is 5.10 Å². The van der Waals surface area contributed by atoms with Gasteiger partial charge in [0.05, 0.1) is 24.0 Å². The minimum Gasteiger partial charge on any atom is -0.481 e. The highest BCUT2D eigenvalue weighted by Crippen LogP contribution is 2.32. The highest BCUT2D eigenvalue weighted by molar-refractivity contribution is 5.83. The molecule has 188 valence electrons. The van der Waals surface area contributed by atoms with Crippen molar-refractivity contribution in [3.63, 3.8) is 0 Å². The van der Waals surface area contributed by atoms with Gasteiger partial charge in [0.25, 0.3) is 0 Å². The van der Waals surface area contributed by atoms with E-state index in [2.05, 4.69) is 55.6 Å². The van der Waals surface area contributed by atoms with Gasteiger partial charge in [0.2, 0.25) is 5.88 Å². The number of H-pyrrole nitrogens is 1. The summed E-state index contributed by atoms with van der Waals surface area (Å²) >= 11 is 0. The number of aromatic amines is 1. The first-order valence-corrected chi connectivity index (χ1v) is 12.6. The molecule has 4 heterocycles. The van der Waals surface area contributed by atoms with Crippen molar-refractivity contribution in [2.24, 2.45) is 15.9 Å². The normalized spacial score (nSPS) is 21.7. The van der Waals surface area contributed by atoms with Crippen LogP contribution in [-0.2, 0) is 11.3 Å². The summed E-state index contributed by atoms with van der Waals surface area (Å²) < 4.78 is 11.1. The SMILES string of the molecule is COc1cccc(CN2CCCC(/C=N\C(OC)c3ccc4n[nH]c(C5C=C(C)N=CC5)c4c3)C2)n1. The molecule has 0 aliphatic carbocycles. The van der Waals surface area contributed by atoms with E-state index in [1.54, 1.807) is 14.2 Å². The first kappa shape index (κ1) is 24.3. The standard InChI is InChI=1S/C28H34N6O2/c1-19-14-21(11-12-29-19)27-24-15-22(9-10-25(24)32-33-27)28(36-3)30-16-20-6-5-13-34(17-20)18-23-7-4-8-26(31-23)35-2/h4,7-10,12,14-16,20-21,28H,5-6,11,13,17-18H2,1-3H3,(H,32,33)/b30-16-. The summed E-state index contributed by atoms with van der Waals surface area (Å²) in [6, 6.07) is 12.2. The van der Waals surface area contributed by atoms with Crippen LogP contribution in [0.25, 0.3) is 10.9 Å². The van der Waals surface area contributed by atoms with Crippen LogP contribution in [0.4, 0.5) is 0 Å². The van der Waals surface area contributed by atoms with Crippen LogP contribution in [0.3, 0.4) is 0 Å². The van der Waals surface area contributed by atoms with Crippen molar-refractivity contribution in [1.82, 2.24) is 20.1 Å². The number of aliphatic imine (C=N–C) groups is 2. The molecule has 3 atom stereocenters. The number of nitrogens with one attached hydrogen (secondary N) is 1. The first-order chi connectivity index (χ1) is 17.6. The first-order valence-electron chi connectivity index (χ1n) is 12.6. The monoisotopic (exact) mass is 486 g/mol. The molecule has 8 heteroatoms. The number of hydrogen-bond acceptors (Lipinski definition) is 7. The van der Waals surface area contributed by atoms with E-state index in [9.17, 15) is 0 Å². The molecule has 0 amide bonds. The second kappa shape index (κ2) is 11.1. The number of fused-ring (bicyclic) bond motifs is 1. The molecule has 1 aromatic carbocycles. The summed E-state index contributed by atoms with van der Waals surface area (Å²) in [6.07, 6.45) is 9.05. The fraction of sp³-hybridized carbons (Fsp3) is 0.429. The summed E-state index contributed by atoms with van der Waals surface area (Å²) in [5.74, 6) is 1.29. The van der Waals surface area contributed by atoms with Crippen molar-refractivity contribution in [1.29, 1.82) is 0 Å². The molecule has 0 spiro atoms. The Labute approximate surface area is 212 Å². The number of rotatable bonds is 8. The molecule has 8 nitrogen and oxygen atoms in total. The van der Waals surface area contributed by atoms with E-state index in [0.717, 1.165) is 72.4 Å². The molecule has 36 heavy (non-hydrogen) atoms. The van der Waals surface area contributed by atoms with Crippen molar-refractivity contribution in [3.05, 3.63) is 65.1 Å². The number of benzene rings is 1. The van der Waals surface area contributed by atoms with E-state index < -0.39 is 0 Å². The van der Waals surface area contributed by atoms with Crippen molar-refractivity contribution in [3.8, 4) is 5.88 Å². The molecule has 3 aromatic rings. The zero-order valence-corrected chi connectivity index (χ0v) is 21.2. The van der Waals surface area contributed by atoms with Crippen molar-refractivity contribution in [2.75, 3.05) is 27.3 Å². The summed E-state index contributed by atoms with van der Waals surface area (Å²) in [7, 11) is 3.37. The van der Waals surface area contributed by atoms with E-state index in [1.165, 1.54) is 0 Å².